The van der Waals surface area contributed by atoms with E-state index >= 15 is 26.3 Å². The molecule has 0 aliphatic rings. The molecule has 1 heterocycles. The number of hydrogen-bond acceptors (Lipinski definition) is 8. The topological polar surface area (TPSA) is 122 Å². The number of nitriles is 2. The molecule has 0 amide bonds. The lowest BCUT2D eigenvalue weighted by Crippen LogP contribution is -2.54. The number of aromatic nitrogens is 1. The lowest BCUT2D eigenvalue weighted by molar-refractivity contribution is -0.288. The van der Waals surface area contributed by atoms with Crippen LogP contribution in [0.1, 0.15) is 65.2 Å². The molecule has 9 rings (SSSR count). The largest absolute Gasteiger partial charge is 0.456 e. The maximum absolute atomic E-state index is 15.2. The molecule has 0 aliphatic heterocycles. The van der Waals surface area contributed by atoms with Crippen molar-refractivity contribution in [3.05, 3.63) is 256 Å². The Balaban J connectivity index is 1.06. The van der Waals surface area contributed by atoms with E-state index in [0.717, 1.165) is 24.3 Å². The average molecular weight is 1020 g/mol. The summed E-state index contributed by atoms with van der Waals surface area (Å²) in [5.41, 5.74) is -2.40. The van der Waals surface area contributed by atoms with Crippen molar-refractivity contribution in [3.8, 4) is 69.0 Å². The van der Waals surface area contributed by atoms with Gasteiger partial charge >= 0.3 is 12.4 Å². The van der Waals surface area contributed by atoms with Crippen LogP contribution < -0.4 is 14.2 Å². The molecule has 0 radical (unpaired) electrons. The molecule has 0 fully saturated rings. The Morgan fingerprint density at radius 1 is 0.461 bits per heavy atom. The Bertz CT molecular complexity index is 3700. The highest BCUT2D eigenvalue weighted by atomic mass is 19.4. The van der Waals surface area contributed by atoms with Crippen LogP contribution in [0.4, 0.5) is 26.3 Å². The summed E-state index contributed by atoms with van der Waals surface area (Å²) >= 11 is 0. The van der Waals surface area contributed by atoms with Crippen LogP contribution in [-0.4, -0.2) is 28.9 Å². The van der Waals surface area contributed by atoms with Crippen LogP contribution >= 0.6 is 0 Å². The maximum atomic E-state index is 15.2. The maximum Gasteiger partial charge on any atom is 0.411 e. The van der Waals surface area contributed by atoms with E-state index in [1.54, 1.807) is 147 Å². The van der Waals surface area contributed by atoms with Crippen molar-refractivity contribution in [1.82, 2.24) is 4.98 Å². The molecule has 14 heteroatoms. The van der Waals surface area contributed by atoms with Crippen LogP contribution in [0.15, 0.2) is 200 Å². The highest BCUT2D eigenvalue weighted by Crippen LogP contribution is 2.56. The van der Waals surface area contributed by atoms with Gasteiger partial charge in [-0.25, -0.2) is 4.98 Å². The number of halogens is 6. The van der Waals surface area contributed by atoms with Crippen molar-refractivity contribution in [1.29, 1.82) is 10.5 Å². The number of aryl methyl sites for hydroxylation is 2. The standard InChI is InChI=1S/C62H39F6N3O5/c1-38-10-8-14-55(53(38)36-69)74-46-28-22-44(23-29-46)60(61(63,64)65,62(66,67)68)45-24-30-47(31-25-45)75-56-15-9-13-49(54(56)37-70)43-21-32-50(42-18-17-39(2)51(34-42)58(72)40-11-4-3-5-12-40)52(35-43)59(73)41-19-26-48(27-20-41)76-57-16-6-7-33-71-57/h3-35H,1-2H3. The number of carbonyl (C=O) groups excluding carboxylic acids is 2. The van der Waals surface area contributed by atoms with Gasteiger partial charge in [-0.15, -0.1) is 0 Å². The summed E-state index contributed by atoms with van der Waals surface area (Å²) in [6, 6.07) is 50.5. The zero-order valence-electron chi connectivity index (χ0n) is 40.2. The van der Waals surface area contributed by atoms with E-state index in [2.05, 4.69) is 11.1 Å². The molecular formula is C62H39F6N3O5. The molecule has 0 bridgehead atoms. The Morgan fingerprint density at radius 2 is 0.961 bits per heavy atom. The molecule has 0 spiro atoms. The highest BCUT2D eigenvalue weighted by Gasteiger charge is 2.72. The Labute approximate surface area is 432 Å². The third-order valence-electron chi connectivity index (χ3n) is 12.7. The van der Waals surface area contributed by atoms with Crippen molar-refractivity contribution >= 4 is 11.6 Å². The van der Waals surface area contributed by atoms with Crippen molar-refractivity contribution < 1.29 is 50.1 Å². The number of rotatable bonds is 14. The van der Waals surface area contributed by atoms with Crippen molar-refractivity contribution in [2.24, 2.45) is 0 Å². The molecule has 0 N–H and O–H groups in total. The molecule has 76 heavy (non-hydrogen) atoms. The monoisotopic (exact) mass is 1020 g/mol. The van der Waals surface area contributed by atoms with Crippen molar-refractivity contribution in [2.45, 2.75) is 31.6 Å². The molecule has 0 aliphatic carbocycles. The zero-order valence-corrected chi connectivity index (χ0v) is 40.2. The van der Waals surface area contributed by atoms with E-state index in [9.17, 15) is 20.1 Å². The predicted octanol–water partition coefficient (Wildman–Crippen LogP) is 16.0. The number of alkyl halides is 6. The zero-order chi connectivity index (χ0) is 53.8. The van der Waals surface area contributed by atoms with Crippen LogP contribution in [0, 0.1) is 36.5 Å². The molecule has 8 aromatic carbocycles. The molecular weight excluding hydrogens is 981 g/mol. The van der Waals surface area contributed by atoms with Gasteiger partial charge in [-0.1, -0.05) is 109 Å². The number of nitrogens with zero attached hydrogens (tertiary/aromatic N) is 3. The lowest BCUT2D eigenvalue weighted by Gasteiger charge is -2.38. The van der Waals surface area contributed by atoms with E-state index in [-0.39, 0.29) is 56.6 Å². The number of pyridine rings is 1. The molecule has 8 nitrogen and oxygen atoms in total. The third-order valence-corrected chi connectivity index (χ3v) is 12.7. The van der Waals surface area contributed by atoms with Crippen LogP contribution in [0.2, 0.25) is 0 Å². The lowest BCUT2D eigenvalue weighted by atomic mass is 9.73. The number of hydrogen-bond donors (Lipinski definition) is 0. The smallest absolute Gasteiger partial charge is 0.411 e. The van der Waals surface area contributed by atoms with Crippen molar-refractivity contribution in [3.63, 3.8) is 0 Å². The first-order valence-electron chi connectivity index (χ1n) is 23.3. The van der Waals surface area contributed by atoms with Crippen LogP contribution in [0.3, 0.4) is 0 Å². The minimum Gasteiger partial charge on any atom is -0.456 e. The Kier molecular flexibility index (Phi) is 14.1. The Morgan fingerprint density at radius 3 is 1.54 bits per heavy atom. The van der Waals surface area contributed by atoms with E-state index in [1.165, 1.54) is 12.1 Å². The third kappa shape index (κ3) is 10.00. The minimum absolute atomic E-state index is 0.0605. The number of benzene rings is 8. The first-order valence-corrected chi connectivity index (χ1v) is 23.3. The van der Waals surface area contributed by atoms with Gasteiger partial charge in [0.25, 0.3) is 0 Å². The fourth-order valence-corrected chi connectivity index (χ4v) is 8.91. The van der Waals surface area contributed by atoms with Gasteiger partial charge in [-0.2, -0.15) is 36.9 Å². The van der Waals surface area contributed by atoms with E-state index in [4.69, 9.17) is 14.2 Å². The first kappa shape index (κ1) is 51.1. The minimum atomic E-state index is -5.90. The molecule has 0 saturated carbocycles. The van der Waals surface area contributed by atoms with E-state index in [0.29, 0.717) is 74.8 Å². The second-order valence-electron chi connectivity index (χ2n) is 17.5. The normalized spacial score (nSPS) is 11.5. The van der Waals surface area contributed by atoms with Crippen LogP contribution in [0.25, 0.3) is 22.3 Å². The van der Waals surface area contributed by atoms with Gasteiger partial charge in [0.15, 0.2) is 11.6 Å². The van der Waals surface area contributed by atoms with Gasteiger partial charge in [0, 0.05) is 40.1 Å². The number of ether oxygens (including phenoxy) is 3. The van der Waals surface area contributed by atoms with Crippen LogP contribution in [0.5, 0.6) is 34.6 Å². The number of ketones is 2. The highest BCUT2D eigenvalue weighted by molar-refractivity contribution is 6.14. The summed E-state index contributed by atoms with van der Waals surface area (Å²) < 4.78 is 109. The molecule has 9 aromatic rings. The molecule has 0 atom stereocenters. The summed E-state index contributed by atoms with van der Waals surface area (Å²) in [6.45, 7) is 3.46. The van der Waals surface area contributed by atoms with Gasteiger partial charge in [0.1, 0.15) is 46.4 Å². The van der Waals surface area contributed by atoms with Gasteiger partial charge in [0.2, 0.25) is 11.3 Å². The fourth-order valence-electron chi connectivity index (χ4n) is 8.91. The summed E-state index contributed by atoms with van der Waals surface area (Å²) in [4.78, 5) is 32.7. The van der Waals surface area contributed by atoms with E-state index < -0.39 is 34.7 Å². The van der Waals surface area contributed by atoms with Gasteiger partial charge in [-0.3, -0.25) is 9.59 Å². The Hall–Kier alpha value is -9.79. The second kappa shape index (κ2) is 21.0. The molecule has 0 saturated heterocycles. The second-order valence-corrected chi connectivity index (χ2v) is 17.5. The summed E-state index contributed by atoms with van der Waals surface area (Å²) in [5, 5.41) is 20.2. The fraction of sp³-hybridized carbons (Fsp3) is 0.0806. The van der Waals surface area contributed by atoms with E-state index in [1.807, 2.05) is 13.0 Å². The van der Waals surface area contributed by atoms with Gasteiger partial charge in [0.05, 0.1) is 5.56 Å². The average Bonchev–Trinajstić information content (AvgIpc) is 3.47. The van der Waals surface area contributed by atoms with Crippen molar-refractivity contribution in [2.75, 3.05) is 0 Å². The first-order chi connectivity index (χ1) is 36.5. The van der Waals surface area contributed by atoms with Gasteiger partial charge < -0.3 is 14.2 Å². The quantitative estimate of drug-likeness (QED) is 0.0779. The summed E-state index contributed by atoms with van der Waals surface area (Å²) in [7, 11) is 0. The molecule has 1 aromatic heterocycles. The molecule has 374 valence electrons. The summed E-state index contributed by atoms with van der Waals surface area (Å²) in [6.07, 6.45) is -10.2. The predicted molar refractivity (Wildman–Crippen MR) is 273 cm³/mol. The van der Waals surface area contributed by atoms with Crippen LogP contribution in [-0.2, 0) is 5.41 Å². The SMILES string of the molecule is Cc1ccc(-c2ccc(-c3cccc(Oc4ccc(C(c5ccc(Oc6cccc(C)c6C#N)cc5)(C(F)(F)F)C(F)(F)F)cc4)c3C#N)cc2C(=O)c2ccc(Oc3ccccn3)cc2)cc1C(=O)c1ccccc1. The molecule has 0 unspecified atom stereocenters. The van der Waals surface area contributed by atoms with Gasteiger partial charge in [-0.05, 0) is 132 Å². The summed E-state index contributed by atoms with van der Waals surface area (Å²) in [5.74, 6) is -0.168. The number of carbonyl (C=O) groups is 2.